The summed E-state index contributed by atoms with van der Waals surface area (Å²) in [7, 11) is 0. The Balaban J connectivity index is 2.36. The Kier molecular flexibility index (Phi) is 6.68. The van der Waals surface area contributed by atoms with Crippen LogP contribution in [0.5, 0.6) is 5.75 Å². The summed E-state index contributed by atoms with van der Waals surface area (Å²) in [5.74, 6) is -1.58. The van der Waals surface area contributed by atoms with Crippen molar-refractivity contribution in [2.24, 2.45) is 5.92 Å². The molecule has 1 aromatic rings. The molecule has 116 valence electrons. The first-order valence-corrected chi connectivity index (χ1v) is 6.75. The number of aromatic hydroxyl groups is 1. The van der Waals surface area contributed by atoms with Crippen LogP contribution in [0.15, 0.2) is 24.3 Å². The fourth-order valence-electron chi connectivity index (χ4n) is 1.43. The molecule has 1 rings (SSSR count). The first kappa shape index (κ1) is 17.0. The lowest BCUT2D eigenvalue weighted by molar-refractivity contribution is -0.151. The van der Waals surface area contributed by atoms with Gasteiger partial charge in [0.2, 0.25) is 0 Å². The summed E-state index contributed by atoms with van der Waals surface area (Å²) in [5.41, 5.74) is 0.0151. The molecule has 21 heavy (non-hydrogen) atoms. The summed E-state index contributed by atoms with van der Waals surface area (Å²) in [6.07, 6.45) is -0.454. The highest BCUT2D eigenvalue weighted by Gasteiger charge is 2.17. The minimum Gasteiger partial charge on any atom is -0.507 e. The van der Waals surface area contributed by atoms with Crippen molar-refractivity contribution in [3.63, 3.8) is 0 Å². The van der Waals surface area contributed by atoms with Gasteiger partial charge in [-0.05, 0) is 18.6 Å². The van der Waals surface area contributed by atoms with E-state index in [9.17, 15) is 19.8 Å². The van der Waals surface area contributed by atoms with Gasteiger partial charge in [-0.25, -0.2) is 4.79 Å². The second kappa shape index (κ2) is 8.26. The van der Waals surface area contributed by atoms with Crippen molar-refractivity contribution in [3.8, 4) is 5.75 Å². The average molecular weight is 296 g/mol. The highest BCUT2D eigenvalue weighted by atomic mass is 16.6. The number of para-hydroxylation sites is 1. The normalized spacial score (nSPS) is 13.3. The number of rotatable bonds is 7. The smallest absolute Gasteiger partial charge is 0.342 e. The largest absolute Gasteiger partial charge is 0.507 e. The third kappa shape index (κ3) is 5.43. The average Bonchev–Trinajstić information content (AvgIpc) is 2.49. The Bertz CT molecular complexity index is 485. The van der Waals surface area contributed by atoms with Crippen LogP contribution in [-0.4, -0.2) is 41.5 Å². The van der Waals surface area contributed by atoms with Crippen LogP contribution < -0.4 is 0 Å². The molecule has 0 aromatic heterocycles. The van der Waals surface area contributed by atoms with Gasteiger partial charge in [-0.2, -0.15) is 0 Å². The number of phenols is 1. The van der Waals surface area contributed by atoms with Crippen LogP contribution in [0.4, 0.5) is 0 Å². The quantitative estimate of drug-likeness (QED) is 0.741. The minimum absolute atomic E-state index is 0.0151. The Labute approximate surface area is 123 Å². The van der Waals surface area contributed by atoms with E-state index in [4.69, 9.17) is 9.47 Å². The number of ether oxygens (including phenoxy) is 2. The topological polar surface area (TPSA) is 93.1 Å². The lowest BCUT2D eigenvalue weighted by atomic mass is 10.1. The number of carbonyl (C=O) groups is 2. The molecule has 6 heteroatoms. The van der Waals surface area contributed by atoms with E-state index in [1.165, 1.54) is 12.1 Å². The maximum Gasteiger partial charge on any atom is 0.342 e. The van der Waals surface area contributed by atoms with E-state index in [0.717, 1.165) is 0 Å². The van der Waals surface area contributed by atoms with Crippen LogP contribution in [-0.2, 0) is 14.3 Å². The van der Waals surface area contributed by atoms with Gasteiger partial charge in [-0.15, -0.1) is 0 Å². The van der Waals surface area contributed by atoms with Gasteiger partial charge >= 0.3 is 11.9 Å². The van der Waals surface area contributed by atoms with Crippen molar-refractivity contribution >= 4 is 11.9 Å². The van der Waals surface area contributed by atoms with Gasteiger partial charge < -0.3 is 19.7 Å². The Morgan fingerprint density at radius 2 is 1.81 bits per heavy atom. The number of carbonyl (C=O) groups excluding carboxylic acids is 2. The molecule has 0 bridgehead atoms. The van der Waals surface area contributed by atoms with Gasteiger partial charge in [0.05, 0.1) is 5.92 Å². The van der Waals surface area contributed by atoms with Crippen molar-refractivity contribution in [3.05, 3.63) is 29.8 Å². The molecule has 1 aromatic carbocycles. The predicted octanol–water partition coefficient (Wildman–Crippen LogP) is 1.50. The number of hydrogen-bond donors (Lipinski definition) is 2. The van der Waals surface area contributed by atoms with Crippen molar-refractivity contribution in [2.45, 2.75) is 26.4 Å². The van der Waals surface area contributed by atoms with Crippen LogP contribution in [0.3, 0.4) is 0 Å². The van der Waals surface area contributed by atoms with Gasteiger partial charge in [0.25, 0.3) is 0 Å². The highest BCUT2D eigenvalue weighted by Crippen LogP contribution is 2.16. The summed E-state index contributed by atoms with van der Waals surface area (Å²) in [6.45, 7) is 3.03. The molecular formula is C15H20O6. The summed E-state index contributed by atoms with van der Waals surface area (Å²) in [4.78, 5) is 23.1. The van der Waals surface area contributed by atoms with Crippen LogP contribution in [0.1, 0.15) is 30.6 Å². The number of aliphatic hydroxyl groups excluding tert-OH is 1. The second-order valence-corrected chi connectivity index (χ2v) is 4.71. The molecule has 6 nitrogen and oxygen atoms in total. The molecule has 0 saturated heterocycles. The van der Waals surface area contributed by atoms with Crippen molar-refractivity contribution in [1.82, 2.24) is 0 Å². The number of aliphatic hydroxyl groups is 1. The molecule has 0 saturated carbocycles. The molecule has 0 spiro atoms. The molecule has 2 unspecified atom stereocenters. The fourth-order valence-corrected chi connectivity index (χ4v) is 1.43. The molecule has 0 aliphatic carbocycles. The number of hydrogen-bond acceptors (Lipinski definition) is 6. The molecule has 0 heterocycles. The van der Waals surface area contributed by atoms with Gasteiger partial charge in [-0.1, -0.05) is 26.0 Å². The molecule has 0 aliphatic rings. The minimum atomic E-state index is -1.10. The van der Waals surface area contributed by atoms with Crippen molar-refractivity contribution < 1.29 is 29.3 Å². The molecule has 0 aliphatic heterocycles. The van der Waals surface area contributed by atoms with Gasteiger partial charge in [0.1, 0.15) is 30.6 Å². The van der Waals surface area contributed by atoms with Gasteiger partial charge in [0.15, 0.2) is 0 Å². The zero-order valence-corrected chi connectivity index (χ0v) is 12.1. The van der Waals surface area contributed by atoms with Crippen LogP contribution >= 0.6 is 0 Å². The van der Waals surface area contributed by atoms with Crippen molar-refractivity contribution in [2.75, 3.05) is 13.2 Å². The van der Waals surface area contributed by atoms with E-state index in [1.54, 1.807) is 19.1 Å². The Morgan fingerprint density at radius 1 is 1.19 bits per heavy atom. The Hall–Kier alpha value is -2.08. The maximum atomic E-state index is 11.7. The fraction of sp³-hybridized carbons (Fsp3) is 0.467. The van der Waals surface area contributed by atoms with E-state index in [0.29, 0.717) is 6.42 Å². The molecule has 2 N–H and O–H groups in total. The van der Waals surface area contributed by atoms with Gasteiger partial charge in [0, 0.05) is 0 Å². The standard InChI is InChI=1S/C15H20O6/c1-3-10(2)14(18)20-8-11(16)9-21-15(19)12-6-4-5-7-13(12)17/h4-7,10-11,16-17H,3,8-9H2,1-2H3. The highest BCUT2D eigenvalue weighted by molar-refractivity contribution is 5.92. The first-order chi connectivity index (χ1) is 9.95. The third-order valence-electron chi connectivity index (χ3n) is 2.96. The maximum absolute atomic E-state index is 11.7. The molecular weight excluding hydrogens is 276 g/mol. The van der Waals surface area contributed by atoms with E-state index in [2.05, 4.69) is 0 Å². The van der Waals surface area contributed by atoms with Crippen LogP contribution in [0, 0.1) is 5.92 Å². The van der Waals surface area contributed by atoms with Gasteiger partial charge in [-0.3, -0.25) is 4.79 Å². The third-order valence-corrected chi connectivity index (χ3v) is 2.96. The van der Waals surface area contributed by atoms with Crippen LogP contribution in [0.2, 0.25) is 0 Å². The first-order valence-electron chi connectivity index (χ1n) is 6.75. The monoisotopic (exact) mass is 296 g/mol. The predicted molar refractivity (Wildman–Crippen MR) is 74.8 cm³/mol. The number of esters is 2. The van der Waals surface area contributed by atoms with E-state index >= 15 is 0 Å². The second-order valence-electron chi connectivity index (χ2n) is 4.71. The van der Waals surface area contributed by atoms with Crippen molar-refractivity contribution in [1.29, 1.82) is 0 Å². The number of benzene rings is 1. The SMILES string of the molecule is CCC(C)C(=O)OCC(O)COC(=O)c1ccccc1O. The summed E-state index contributed by atoms with van der Waals surface area (Å²) < 4.78 is 9.74. The van der Waals surface area contributed by atoms with E-state index in [-0.39, 0.29) is 30.4 Å². The summed E-state index contributed by atoms with van der Waals surface area (Å²) in [5, 5.41) is 19.1. The zero-order valence-electron chi connectivity index (χ0n) is 12.1. The molecule has 0 amide bonds. The molecule has 0 radical (unpaired) electrons. The van der Waals surface area contributed by atoms with E-state index in [1.807, 2.05) is 6.92 Å². The lowest BCUT2D eigenvalue weighted by Gasteiger charge is -2.14. The molecule has 2 atom stereocenters. The lowest BCUT2D eigenvalue weighted by Crippen LogP contribution is -2.27. The number of phenolic OH excluding ortho intramolecular Hbond substituents is 1. The summed E-state index contributed by atoms with van der Waals surface area (Å²) in [6, 6.07) is 5.93. The zero-order chi connectivity index (χ0) is 15.8. The Morgan fingerprint density at radius 3 is 2.43 bits per heavy atom. The molecule has 0 fully saturated rings. The van der Waals surface area contributed by atoms with E-state index < -0.39 is 18.0 Å². The van der Waals surface area contributed by atoms with Crippen LogP contribution in [0.25, 0.3) is 0 Å². The summed E-state index contributed by atoms with van der Waals surface area (Å²) >= 11 is 0.